The summed E-state index contributed by atoms with van der Waals surface area (Å²) in [5.74, 6) is 2.35. The molecule has 7 heteroatoms. The molecule has 0 N–H and O–H groups in total. The molecular formula is C21H30FN5O. The third kappa shape index (κ3) is 4.26. The van der Waals surface area contributed by atoms with Crippen LogP contribution in [0.2, 0.25) is 0 Å². The number of rotatable bonds is 5. The molecule has 4 rings (SSSR count). The predicted octanol–water partition coefficient (Wildman–Crippen LogP) is 2.47. The van der Waals surface area contributed by atoms with Crippen LogP contribution in [-0.2, 0) is 24.9 Å². The number of aromatic nitrogens is 3. The van der Waals surface area contributed by atoms with Crippen molar-refractivity contribution in [1.82, 2.24) is 24.6 Å². The number of likely N-dealkylation sites (tertiary alicyclic amines) is 1. The van der Waals surface area contributed by atoms with Crippen LogP contribution >= 0.6 is 0 Å². The van der Waals surface area contributed by atoms with Crippen molar-refractivity contribution in [2.45, 2.75) is 38.8 Å². The second-order valence-electron chi connectivity index (χ2n) is 8.02. The summed E-state index contributed by atoms with van der Waals surface area (Å²) in [7, 11) is 2.08. The van der Waals surface area contributed by atoms with E-state index >= 15 is 0 Å². The summed E-state index contributed by atoms with van der Waals surface area (Å²) in [4.78, 5) is 4.80. The van der Waals surface area contributed by atoms with Gasteiger partial charge in [0.1, 0.15) is 17.5 Å². The van der Waals surface area contributed by atoms with Crippen LogP contribution in [-0.4, -0.2) is 64.0 Å². The highest BCUT2D eigenvalue weighted by molar-refractivity contribution is 5.27. The summed E-state index contributed by atoms with van der Waals surface area (Å²) in [6.45, 7) is 8.96. The molecule has 6 nitrogen and oxygen atoms in total. The zero-order valence-electron chi connectivity index (χ0n) is 16.9. The van der Waals surface area contributed by atoms with E-state index in [2.05, 4.69) is 31.6 Å². The van der Waals surface area contributed by atoms with Gasteiger partial charge in [-0.1, -0.05) is 12.1 Å². The molecule has 0 bridgehead atoms. The third-order valence-corrected chi connectivity index (χ3v) is 6.11. The first-order valence-corrected chi connectivity index (χ1v) is 10.3. The van der Waals surface area contributed by atoms with Gasteiger partial charge in [0.05, 0.1) is 19.8 Å². The highest BCUT2D eigenvalue weighted by Crippen LogP contribution is 2.27. The van der Waals surface area contributed by atoms with Crippen LogP contribution in [0, 0.1) is 12.7 Å². The Labute approximate surface area is 166 Å². The number of halogens is 1. The van der Waals surface area contributed by atoms with Crippen LogP contribution in [0.1, 0.15) is 41.5 Å². The molecule has 0 amide bonds. The van der Waals surface area contributed by atoms with Gasteiger partial charge < -0.3 is 9.30 Å². The molecule has 2 aliphatic rings. The molecule has 0 saturated carbocycles. The highest BCUT2D eigenvalue weighted by Gasteiger charge is 2.27. The normalized spacial score (nSPS) is 21.9. The van der Waals surface area contributed by atoms with Crippen LogP contribution in [0.15, 0.2) is 18.2 Å². The second-order valence-corrected chi connectivity index (χ2v) is 8.02. The third-order valence-electron chi connectivity index (χ3n) is 6.11. The fourth-order valence-electron chi connectivity index (χ4n) is 4.30. The molecule has 2 aromatic rings. The molecule has 28 heavy (non-hydrogen) atoms. The van der Waals surface area contributed by atoms with Crippen molar-refractivity contribution in [2.24, 2.45) is 7.05 Å². The molecule has 0 radical (unpaired) electrons. The zero-order chi connectivity index (χ0) is 19.5. The van der Waals surface area contributed by atoms with Crippen LogP contribution < -0.4 is 0 Å². The molecule has 2 aliphatic heterocycles. The standard InChI is InChI=1S/C21H30FN5O/c1-16-17(5-3-7-19(16)22)13-27-8-4-6-18(14-27)21-24-23-20(25(21)2)15-26-9-11-28-12-10-26/h3,5,7,18H,4,6,8-15H2,1-2H3/t18-/m1/s1. The molecular weight excluding hydrogens is 357 g/mol. The Morgan fingerprint density at radius 3 is 2.75 bits per heavy atom. The van der Waals surface area contributed by atoms with Crippen LogP contribution in [0.25, 0.3) is 0 Å². The quantitative estimate of drug-likeness (QED) is 0.789. The topological polar surface area (TPSA) is 46.4 Å². The van der Waals surface area contributed by atoms with E-state index < -0.39 is 0 Å². The average Bonchev–Trinajstić information content (AvgIpc) is 3.07. The van der Waals surface area contributed by atoms with Crippen LogP contribution in [0.4, 0.5) is 4.39 Å². The van der Waals surface area contributed by atoms with Crippen molar-refractivity contribution in [3.8, 4) is 0 Å². The maximum atomic E-state index is 13.9. The van der Waals surface area contributed by atoms with Gasteiger partial charge in [-0.2, -0.15) is 0 Å². The number of hydrogen-bond acceptors (Lipinski definition) is 5. The Bertz CT molecular complexity index is 802. The molecule has 1 aromatic carbocycles. The SMILES string of the molecule is Cc1c(F)cccc1CN1CCC[C@@H](c2nnc(CN3CCOCC3)n2C)C1. The lowest BCUT2D eigenvalue weighted by Gasteiger charge is -2.32. The van der Waals surface area contributed by atoms with E-state index in [4.69, 9.17) is 4.74 Å². The lowest BCUT2D eigenvalue weighted by Crippen LogP contribution is -2.36. The molecule has 2 fully saturated rings. The predicted molar refractivity (Wildman–Crippen MR) is 105 cm³/mol. The fraction of sp³-hybridized carbons (Fsp3) is 0.619. The summed E-state index contributed by atoms with van der Waals surface area (Å²) in [6, 6.07) is 5.37. The Hall–Kier alpha value is -1.83. The van der Waals surface area contributed by atoms with E-state index in [-0.39, 0.29) is 5.82 Å². The van der Waals surface area contributed by atoms with Crippen LogP contribution in [0.3, 0.4) is 0 Å². The van der Waals surface area contributed by atoms with Crippen molar-refractivity contribution in [3.63, 3.8) is 0 Å². The van der Waals surface area contributed by atoms with Gasteiger partial charge in [-0.05, 0) is 43.5 Å². The largest absolute Gasteiger partial charge is 0.379 e. The number of nitrogens with zero attached hydrogens (tertiary/aromatic N) is 5. The van der Waals surface area contributed by atoms with Gasteiger partial charge in [0.15, 0.2) is 0 Å². The Morgan fingerprint density at radius 1 is 1.11 bits per heavy atom. The molecule has 3 heterocycles. The first kappa shape index (κ1) is 19.5. The number of hydrogen-bond donors (Lipinski definition) is 0. The van der Waals surface area contributed by atoms with Gasteiger partial charge in [0.2, 0.25) is 0 Å². The van der Waals surface area contributed by atoms with Crippen molar-refractivity contribution >= 4 is 0 Å². The summed E-state index contributed by atoms with van der Waals surface area (Å²) < 4.78 is 21.5. The molecule has 0 unspecified atom stereocenters. The molecule has 0 spiro atoms. The maximum absolute atomic E-state index is 13.9. The van der Waals surface area contributed by atoms with E-state index in [1.54, 1.807) is 6.07 Å². The number of ether oxygens (including phenoxy) is 1. The minimum Gasteiger partial charge on any atom is -0.379 e. The van der Waals surface area contributed by atoms with E-state index in [1.807, 2.05) is 13.0 Å². The zero-order valence-corrected chi connectivity index (χ0v) is 16.9. The fourth-order valence-corrected chi connectivity index (χ4v) is 4.30. The van der Waals surface area contributed by atoms with Gasteiger partial charge in [-0.3, -0.25) is 9.80 Å². The van der Waals surface area contributed by atoms with Gasteiger partial charge in [-0.15, -0.1) is 10.2 Å². The summed E-state index contributed by atoms with van der Waals surface area (Å²) >= 11 is 0. The molecule has 0 aliphatic carbocycles. The Kier molecular flexibility index (Phi) is 6.04. The lowest BCUT2D eigenvalue weighted by atomic mass is 9.96. The number of piperidine rings is 1. The first-order valence-electron chi connectivity index (χ1n) is 10.3. The van der Waals surface area contributed by atoms with Crippen molar-refractivity contribution < 1.29 is 9.13 Å². The average molecular weight is 388 g/mol. The summed E-state index contributed by atoms with van der Waals surface area (Å²) in [5, 5.41) is 9.03. The maximum Gasteiger partial charge on any atom is 0.146 e. The molecule has 2 saturated heterocycles. The summed E-state index contributed by atoms with van der Waals surface area (Å²) in [6.07, 6.45) is 2.26. The van der Waals surface area contributed by atoms with Crippen molar-refractivity contribution in [2.75, 3.05) is 39.4 Å². The van der Waals surface area contributed by atoms with E-state index in [9.17, 15) is 4.39 Å². The lowest BCUT2D eigenvalue weighted by molar-refractivity contribution is 0.0326. The van der Waals surface area contributed by atoms with E-state index in [0.29, 0.717) is 5.92 Å². The smallest absolute Gasteiger partial charge is 0.146 e. The summed E-state index contributed by atoms with van der Waals surface area (Å²) in [5.41, 5.74) is 1.84. The van der Waals surface area contributed by atoms with E-state index in [1.165, 1.54) is 6.07 Å². The van der Waals surface area contributed by atoms with Crippen LogP contribution in [0.5, 0.6) is 0 Å². The number of morpholine rings is 1. The second kappa shape index (κ2) is 8.68. The minimum absolute atomic E-state index is 0.118. The van der Waals surface area contributed by atoms with Gasteiger partial charge in [-0.25, -0.2) is 4.39 Å². The minimum atomic E-state index is -0.118. The number of benzene rings is 1. The van der Waals surface area contributed by atoms with Crippen molar-refractivity contribution in [3.05, 3.63) is 46.8 Å². The molecule has 152 valence electrons. The van der Waals surface area contributed by atoms with Crippen molar-refractivity contribution in [1.29, 1.82) is 0 Å². The molecule has 1 atom stereocenters. The van der Waals surface area contributed by atoms with Gasteiger partial charge >= 0.3 is 0 Å². The first-order chi connectivity index (χ1) is 13.6. The van der Waals surface area contributed by atoms with E-state index in [0.717, 1.165) is 88.1 Å². The molecule has 1 aromatic heterocycles. The van der Waals surface area contributed by atoms with Gasteiger partial charge in [0, 0.05) is 39.1 Å². The highest BCUT2D eigenvalue weighted by atomic mass is 19.1. The monoisotopic (exact) mass is 387 g/mol. The Balaban J connectivity index is 1.42. The van der Waals surface area contributed by atoms with Gasteiger partial charge in [0.25, 0.3) is 0 Å². The Morgan fingerprint density at radius 2 is 1.93 bits per heavy atom.